The van der Waals surface area contributed by atoms with Gasteiger partial charge in [0.15, 0.2) is 0 Å². The Hall–Kier alpha value is -1.79. The molecule has 0 aliphatic carbocycles. The largest absolute Gasteiger partial charge is 0.449 e. The van der Waals surface area contributed by atoms with Crippen molar-refractivity contribution in [3.63, 3.8) is 0 Å². The number of anilines is 1. The minimum absolute atomic E-state index is 0.0487. The van der Waals surface area contributed by atoms with Crippen molar-refractivity contribution in [2.75, 3.05) is 5.73 Å². The van der Waals surface area contributed by atoms with Crippen LogP contribution in [0.5, 0.6) is 11.5 Å². The summed E-state index contributed by atoms with van der Waals surface area (Å²) in [4.78, 5) is 10.4. The van der Waals surface area contributed by atoms with Crippen molar-refractivity contribution in [2.45, 2.75) is 0 Å². The summed E-state index contributed by atoms with van der Waals surface area (Å²) in [6.07, 6.45) is 0. The van der Waals surface area contributed by atoms with E-state index < -0.39 is 4.92 Å². The van der Waals surface area contributed by atoms with Gasteiger partial charge in [0.1, 0.15) is 11.4 Å². The van der Waals surface area contributed by atoms with E-state index in [-0.39, 0.29) is 17.1 Å². The van der Waals surface area contributed by atoms with E-state index in [1.165, 1.54) is 12.1 Å². The number of ether oxygens (including phenoxy) is 1. The Kier molecular flexibility index (Phi) is 3.92. The van der Waals surface area contributed by atoms with Gasteiger partial charge in [0.2, 0.25) is 5.75 Å². The van der Waals surface area contributed by atoms with Crippen LogP contribution < -0.4 is 10.5 Å². The van der Waals surface area contributed by atoms with Crippen molar-refractivity contribution in [3.05, 3.63) is 56.0 Å². The molecule has 0 saturated carbocycles. The van der Waals surface area contributed by atoms with E-state index in [1.807, 2.05) is 0 Å². The third kappa shape index (κ3) is 2.97. The lowest BCUT2D eigenvalue weighted by atomic mass is 10.2. The number of nitro benzene ring substituents is 1. The normalized spacial score (nSPS) is 10.2. The van der Waals surface area contributed by atoms with Crippen LogP contribution in [-0.2, 0) is 0 Å². The molecule has 0 amide bonds. The van der Waals surface area contributed by atoms with Crippen molar-refractivity contribution in [3.8, 4) is 11.5 Å². The third-order valence-corrected chi connectivity index (χ3v) is 3.18. The smallest absolute Gasteiger partial charge is 0.334 e. The Morgan fingerprint density at radius 2 is 2.00 bits per heavy atom. The van der Waals surface area contributed by atoms with Gasteiger partial charge in [-0.15, -0.1) is 0 Å². The molecule has 0 bridgehead atoms. The molecule has 0 aromatic heterocycles. The molecule has 5 nitrogen and oxygen atoms in total. The standard InChI is InChI=1S/C12H8BrClN2O3/c13-8-6-7(14)4-5-10(8)19-11-3-1-2-9(15)12(11)16(17)18/h1-6H,15H2. The second kappa shape index (κ2) is 5.46. The molecule has 0 fully saturated rings. The fourth-order valence-electron chi connectivity index (χ4n) is 1.49. The topological polar surface area (TPSA) is 78.4 Å². The molecule has 98 valence electrons. The molecule has 2 aromatic rings. The van der Waals surface area contributed by atoms with Crippen LogP contribution in [0.2, 0.25) is 5.02 Å². The van der Waals surface area contributed by atoms with Gasteiger partial charge < -0.3 is 10.5 Å². The number of hydrogen-bond donors (Lipinski definition) is 1. The minimum atomic E-state index is -0.575. The highest BCUT2D eigenvalue weighted by Crippen LogP contribution is 2.38. The van der Waals surface area contributed by atoms with Gasteiger partial charge in [-0.1, -0.05) is 17.7 Å². The molecule has 0 saturated heterocycles. The Labute approximate surface area is 122 Å². The molecule has 7 heteroatoms. The number of nitrogens with two attached hydrogens (primary N) is 1. The summed E-state index contributed by atoms with van der Waals surface area (Å²) in [5.41, 5.74) is 5.37. The van der Waals surface area contributed by atoms with Crippen molar-refractivity contribution >= 4 is 38.9 Å². The van der Waals surface area contributed by atoms with Gasteiger partial charge in [0, 0.05) is 5.02 Å². The number of hydrogen-bond acceptors (Lipinski definition) is 4. The molecule has 0 spiro atoms. The van der Waals surface area contributed by atoms with Gasteiger partial charge in [0.25, 0.3) is 0 Å². The second-order valence-electron chi connectivity index (χ2n) is 3.63. The molecule has 0 radical (unpaired) electrons. The molecule has 2 aromatic carbocycles. The van der Waals surface area contributed by atoms with Crippen LogP contribution >= 0.6 is 27.5 Å². The highest BCUT2D eigenvalue weighted by atomic mass is 79.9. The van der Waals surface area contributed by atoms with Crippen LogP contribution in [0.4, 0.5) is 11.4 Å². The molecule has 2 rings (SSSR count). The summed E-state index contributed by atoms with van der Waals surface area (Å²) < 4.78 is 6.10. The zero-order valence-electron chi connectivity index (χ0n) is 9.47. The number of nitrogen functional groups attached to an aromatic ring is 1. The summed E-state index contributed by atoms with van der Waals surface area (Å²) in [7, 11) is 0. The second-order valence-corrected chi connectivity index (χ2v) is 4.92. The summed E-state index contributed by atoms with van der Waals surface area (Å²) in [6.45, 7) is 0. The third-order valence-electron chi connectivity index (χ3n) is 2.33. The molecular weight excluding hydrogens is 336 g/mol. The van der Waals surface area contributed by atoms with Crippen LogP contribution in [0.25, 0.3) is 0 Å². The van der Waals surface area contributed by atoms with E-state index in [0.717, 1.165) is 0 Å². The SMILES string of the molecule is Nc1cccc(Oc2ccc(Cl)cc2Br)c1[N+](=O)[O-]. The fraction of sp³-hybridized carbons (Fsp3) is 0. The first-order chi connectivity index (χ1) is 8.99. The maximum atomic E-state index is 11.0. The molecule has 0 aliphatic rings. The summed E-state index contributed by atoms with van der Waals surface area (Å²) in [5, 5.41) is 11.5. The van der Waals surface area contributed by atoms with E-state index in [1.54, 1.807) is 24.3 Å². The van der Waals surface area contributed by atoms with E-state index in [0.29, 0.717) is 15.2 Å². The number of benzene rings is 2. The Morgan fingerprint density at radius 1 is 1.26 bits per heavy atom. The van der Waals surface area contributed by atoms with Crippen LogP contribution in [0.15, 0.2) is 40.9 Å². The number of rotatable bonds is 3. The van der Waals surface area contributed by atoms with Crippen LogP contribution in [0.3, 0.4) is 0 Å². The van der Waals surface area contributed by atoms with Crippen LogP contribution in [-0.4, -0.2) is 4.92 Å². The van der Waals surface area contributed by atoms with Crippen LogP contribution in [0.1, 0.15) is 0 Å². The van der Waals surface area contributed by atoms with Gasteiger partial charge in [-0.05, 0) is 46.3 Å². The zero-order chi connectivity index (χ0) is 14.0. The van der Waals surface area contributed by atoms with E-state index in [9.17, 15) is 10.1 Å². The predicted octanol–water partition coefficient (Wildman–Crippen LogP) is 4.39. The van der Waals surface area contributed by atoms with Gasteiger partial charge in [-0.3, -0.25) is 10.1 Å². The fourth-order valence-corrected chi connectivity index (χ4v) is 2.26. The molecular formula is C12H8BrClN2O3. The molecule has 0 unspecified atom stereocenters. The maximum Gasteiger partial charge on any atom is 0.334 e. The highest BCUT2D eigenvalue weighted by molar-refractivity contribution is 9.10. The van der Waals surface area contributed by atoms with Crippen molar-refractivity contribution in [2.24, 2.45) is 0 Å². The van der Waals surface area contributed by atoms with Crippen LogP contribution in [0, 0.1) is 10.1 Å². The first kappa shape index (κ1) is 13.6. The summed E-state index contributed by atoms with van der Waals surface area (Å²) >= 11 is 9.09. The van der Waals surface area contributed by atoms with Crippen molar-refractivity contribution < 1.29 is 9.66 Å². The van der Waals surface area contributed by atoms with Gasteiger partial charge in [0.05, 0.1) is 9.40 Å². The first-order valence-electron chi connectivity index (χ1n) is 5.15. The minimum Gasteiger partial charge on any atom is -0.449 e. The van der Waals surface area contributed by atoms with E-state index in [4.69, 9.17) is 22.1 Å². The van der Waals surface area contributed by atoms with Crippen molar-refractivity contribution in [1.82, 2.24) is 0 Å². The highest BCUT2D eigenvalue weighted by Gasteiger charge is 2.20. The van der Waals surface area contributed by atoms with E-state index >= 15 is 0 Å². The van der Waals surface area contributed by atoms with E-state index in [2.05, 4.69) is 15.9 Å². The molecule has 0 aliphatic heterocycles. The quantitative estimate of drug-likeness (QED) is 0.509. The first-order valence-corrected chi connectivity index (χ1v) is 6.32. The van der Waals surface area contributed by atoms with Crippen molar-refractivity contribution in [1.29, 1.82) is 0 Å². The maximum absolute atomic E-state index is 11.0. The summed E-state index contributed by atoms with van der Waals surface area (Å²) in [6, 6.07) is 9.38. The zero-order valence-corrected chi connectivity index (χ0v) is 11.8. The lowest BCUT2D eigenvalue weighted by Crippen LogP contribution is -1.98. The lowest BCUT2D eigenvalue weighted by molar-refractivity contribution is -0.384. The monoisotopic (exact) mass is 342 g/mol. The summed E-state index contributed by atoms with van der Waals surface area (Å²) in [5.74, 6) is 0.492. The molecule has 0 heterocycles. The number of halogens is 2. The average molecular weight is 344 g/mol. The number of nitro groups is 1. The van der Waals surface area contributed by atoms with Gasteiger partial charge >= 0.3 is 5.69 Å². The number of para-hydroxylation sites is 1. The average Bonchev–Trinajstić information content (AvgIpc) is 2.32. The predicted molar refractivity (Wildman–Crippen MR) is 76.7 cm³/mol. The van der Waals surface area contributed by atoms with Gasteiger partial charge in [-0.25, -0.2) is 0 Å². The molecule has 19 heavy (non-hydrogen) atoms. The molecule has 0 atom stereocenters. The Balaban J connectivity index is 2.44. The number of nitrogens with zero attached hydrogens (tertiary/aromatic N) is 1. The Morgan fingerprint density at radius 3 is 2.63 bits per heavy atom. The van der Waals surface area contributed by atoms with Gasteiger partial charge in [-0.2, -0.15) is 0 Å². The Bertz CT molecular complexity index is 649. The lowest BCUT2D eigenvalue weighted by Gasteiger charge is -2.09. The molecule has 2 N–H and O–H groups in total.